The molecular weight excluding hydrogens is 338 g/mol. The second-order valence-corrected chi connectivity index (χ2v) is 7.10. The first-order valence-corrected chi connectivity index (χ1v) is 8.92. The average Bonchev–Trinajstić information content (AvgIpc) is 2.60. The maximum atomic E-state index is 12.5. The molecular formula is C14H17N3O6S. The van der Waals surface area contributed by atoms with Gasteiger partial charge in [0, 0.05) is 19.2 Å². The van der Waals surface area contributed by atoms with Crippen molar-refractivity contribution in [2.75, 3.05) is 32.8 Å². The Hall–Kier alpha value is -2.17. The molecule has 1 aromatic carbocycles. The molecule has 24 heavy (non-hydrogen) atoms. The van der Waals surface area contributed by atoms with Crippen molar-refractivity contribution in [3.8, 4) is 11.5 Å². The molecule has 10 heteroatoms. The molecule has 0 radical (unpaired) electrons. The minimum atomic E-state index is -4.06. The van der Waals surface area contributed by atoms with Crippen LogP contribution in [0, 0.1) is 10.1 Å². The lowest BCUT2D eigenvalue weighted by molar-refractivity contribution is -0.388. The van der Waals surface area contributed by atoms with Gasteiger partial charge in [-0.25, -0.2) is 13.1 Å². The van der Waals surface area contributed by atoms with E-state index in [2.05, 4.69) is 10.0 Å². The van der Waals surface area contributed by atoms with Crippen LogP contribution >= 0.6 is 0 Å². The Morgan fingerprint density at radius 2 is 1.96 bits per heavy atom. The average molecular weight is 355 g/mol. The molecule has 0 atom stereocenters. The first-order valence-electron chi connectivity index (χ1n) is 7.44. The van der Waals surface area contributed by atoms with Crippen LogP contribution in [0.1, 0.15) is 6.42 Å². The van der Waals surface area contributed by atoms with Crippen molar-refractivity contribution in [1.82, 2.24) is 10.0 Å². The van der Waals surface area contributed by atoms with Gasteiger partial charge in [0.1, 0.15) is 13.2 Å². The lowest BCUT2D eigenvalue weighted by atomic mass is 10.1. The number of hydrogen-bond donors (Lipinski definition) is 2. The lowest BCUT2D eigenvalue weighted by Crippen LogP contribution is -2.30. The molecule has 0 saturated carbocycles. The van der Waals surface area contributed by atoms with E-state index in [1.807, 2.05) is 6.08 Å². The quantitative estimate of drug-likeness (QED) is 0.450. The maximum Gasteiger partial charge on any atom is 0.293 e. The van der Waals surface area contributed by atoms with Crippen molar-refractivity contribution in [3.63, 3.8) is 0 Å². The first-order chi connectivity index (χ1) is 11.5. The minimum Gasteiger partial charge on any atom is -0.486 e. The van der Waals surface area contributed by atoms with Gasteiger partial charge in [0.15, 0.2) is 16.4 Å². The van der Waals surface area contributed by atoms with Crippen molar-refractivity contribution in [2.24, 2.45) is 0 Å². The second-order valence-electron chi connectivity index (χ2n) is 5.36. The molecule has 1 aromatic rings. The third-order valence-electron chi connectivity index (χ3n) is 3.76. The van der Waals surface area contributed by atoms with E-state index in [0.29, 0.717) is 6.54 Å². The van der Waals surface area contributed by atoms with Gasteiger partial charge in [0.25, 0.3) is 5.69 Å². The fourth-order valence-electron chi connectivity index (χ4n) is 2.51. The van der Waals surface area contributed by atoms with Crippen LogP contribution in [0.3, 0.4) is 0 Å². The van der Waals surface area contributed by atoms with E-state index in [4.69, 9.17) is 9.47 Å². The summed E-state index contributed by atoms with van der Waals surface area (Å²) in [6.45, 7) is 2.10. The molecule has 130 valence electrons. The molecule has 9 nitrogen and oxygen atoms in total. The highest BCUT2D eigenvalue weighted by Crippen LogP contribution is 2.38. The predicted molar refractivity (Wildman–Crippen MR) is 84.8 cm³/mol. The van der Waals surface area contributed by atoms with Crippen molar-refractivity contribution in [3.05, 3.63) is 33.9 Å². The minimum absolute atomic E-state index is 0.121. The third-order valence-corrected chi connectivity index (χ3v) is 5.19. The molecule has 2 N–H and O–H groups in total. The summed E-state index contributed by atoms with van der Waals surface area (Å²) in [5, 5.41) is 14.4. The van der Waals surface area contributed by atoms with Gasteiger partial charge in [0.2, 0.25) is 10.0 Å². The highest BCUT2D eigenvalue weighted by molar-refractivity contribution is 7.89. The summed E-state index contributed by atoms with van der Waals surface area (Å²) in [6, 6.07) is 2.23. The second kappa shape index (κ2) is 6.75. The molecule has 0 fully saturated rings. The van der Waals surface area contributed by atoms with Gasteiger partial charge >= 0.3 is 0 Å². The molecule has 0 unspecified atom stereocenters. The number of nitrogens with one attached hydrogen (secondary N) is 2. The van der Waals surface area contributed by atoms with Crippen LogP contribution in [0.25, 0.3) is 0 Å². The fourth-order valence-corrected chi connectivity index (χ4v) is 3.71. The molecule has 2 heterocycles. The molecule has 0 bridgehead atoms. The highest BCUT2D eigenvalue weighted by Gasteiger charge is 2.30. The molecule has 0 aromatic heterocycles. The van der Waals surface area contributed by atoms with E-state index in [0.717, 1.165) is 30.7 Å². The van der Waals surface area contributed by atoms with Gasteiger partial charge in [0.05, 0.1) is 11.0 Å². The van der Waals surface area contributed by atoms with E-state index in [9.17, 15) is 18.5 Å². The molecule has 2 aliphatic rings. The van der Waals surface area contributed by atoms with Crippen LogP contribution in [0.15, 0.2) is 28.7 Å². The number of fused-ring (bicyclic) bond motifs is 1. The summed E-state index contributed by atoms with van der Waals surface area (Å²) in [6.07, 6.45) is 2.63. The van der Waals surface area contributed by atoms with Gasteiger partial charge in [-0.1, -0.05) is 11.6 Å². The fraction of sp³-hybridized carbons (Fsp3) is 0.429. The lowest BCUT2D eigenvalue weighted by Gasteiger charge is -2.19. The number of nitro benzene ring substituents is 1. The summed E-state index contributed by atoms with van der Waals surface area (Å²) in [7, 11) is -4.06. The van der Waals surface area contributed by atoms with Crippen molar-refractivity contribution in [2.45, 2.75) is 11.3 Å². The molecule has 2 aliphatic heterocycles. The monoisotopic (exact) mass is 355 g/mol. The van der Waals surface area contributed by atoms with Crippen molar-refractivity contribution >= 4 is 15.7 Å². The Labute approximate surface area is 138 Å². The Morgan fingerprint density at radius 1 is 1.25 bits per heavy atom. The SMILES string of the molecule is O=[N+]([O-])c1cc2c(cc1S(=O)(=O)NCC1=CCNCC1)OCCO2. The largest absolute Gasteiger partial charge is 0.486 e. The van der Waals surface area contributed by atoms with E-state index in [1.54, 1.807) is 0 Å². The smallest absolute Gasteiger partial charge is 0.293 e. The van der Waals surface area contributed by atoms with Gasteiger partial charge < -0.3 is 14.8 Å². The zero-order valence-corrected chi connectivity index (χ0v) is 13.6. The Kier molecular flexibility index (Phi) is 4.69. The number of rotatable bonds is 5. The van der Waals surface area contributed by atoms with Gasteiger partial charge in [-0.2, -0.15) is 0 Å². The van der Waals surface area contributed by atoms with Crippen molar-refractivity contribution in [1.29, 1.82) is 0 Å². The highest BCUT2D eigenvalue weighted by atomic mass is 32.2. The van der Waals surface area contributed by atoms with Gasteiger partial charge in [-0.15, -0.1) is 0 Å². The summed E-state index contributed by atoms with van der Waals surface area (Å²) in [4.78, 5) is 10.1. The maximum absolute atomic E-state index is 12.5. The topological polar surface area (TPSA) is 120 Å². The van der Waals surface area contributed by atoms with Gasteiger partial charge in [-0.3, -0.25) is 10.1 Å². The zero-order valence-electron chi connectivity index (χ0n) is 12.8. The van der Waals surface area contributed by atoms with E-state index in [-0.39, 0.29) is 31.3 Å². The first kappa shape index (κ1) is 16.7. The molecule has 3 rings (SSSR count). The standard InChI is InChI=1S/C14H17N3O6S/c18-17(19)11-7-12-13(23-6-5-22-12)8-14(11)24(20,21)16-9-10-1-3-15-4-2-10/h1,7-8,15-16H,2-6,9H2. The Balaban J connectivity index is 1.90. The van der Waals surface area contributed by atoms with E-state index in [1.165, 1.54) is 0 Å². The summed E-state index contributed by atoms with van der Waals surface area (Å²) in [5.41, 5.74) is 0.406. The summed E-state index contributed by atoms with van der Waals surface area (Å²) in [5.74, 6) is 0.362. The van der Waals surface area contributed by atoms with Crippen LogP contribution in [0.2, 0.25) is 0 Å². The summed E-state index contributed by atoms with van der Waals surface area (Å²) < 4.78 is 38.1. The number of nitrogens with zero attached hydrogens (tertiary/aromatic N) is 1. The Morgan fingerprint density at radius 3 is 2.58 bits per heavy atom. The van der Waals surface area contributed by atoms with Crippen LogP contribution in [0.4, 0.5) is 5.69 Å². The van der Waals surface area contributed by atoms with Crippen LogP contribution < -0.4 is 19.5 Å². The number of ether oxygens (including phenoxy) is 2. The summed E-state index contributed by atoms with van der Waals surface area (Å²) >= 11 is 0. The molecule has 0 saturated heterocycles. The number of nitro groups is 1. The van der Waals surface area contributed by atoms with E-state index >= 15 is 0 Å². The molecule has 0 spiro atoms. The number of sulfonamides is 1. The normalized spacial score (nSPS) is 17.2. The molecule has 0 aliphatic carbocycles. The predicted octanol–water partition coefficient (Wildman–Crippen LogP) is 0.564. The van der Waals surface area contributed by atoms with Crippen LogP contribution in [-0.2, 0) is 10.0 Å². The van der Waals surface area contributed by atoms with E-state index < -0.39 is 25.5 Å². The molecule has 0 amide bonds. The Bertz CT molecular complexity index is 790. The van der Waals surface area contributed by atoms with Crippen LogP contribution in [0.5, 0.6) is 11.5 Å². The number of hydrogen-bond acceptors (Lipinski definition) is 7. The van der Waals surface area contributed by atoms with Crippen LogP contribution in [-0.4, -0.2) is 46.2 Å². The zero-order chi connectivity index (χ0) is 17.2. The van der Waals surface area contributed by atoms with Gasteiger partial charge in [-0.05, 0) is 13.0 Å². The van der Waals surface area contributed by atoms with Crippen molar-refractivity contribution < 1.29 is 22.8 Å². The third kappa shape index (κ3) is 3.50. The number of benzene rings is 1.